The summed E-state index contributed by atoms with van der Waals surface area (Å²) in [4.78, 5) is 10.5. The molecular formula is C41H22F12O13S4. The van der Waals surface area contributed by atoms with Gasteiger partial charge in [0.15, 0.2) is 11.5 Å². The third-order valence-corrected chi connectivity index (χ3v) is 14.1. The van der Waals surface area contributed by atoms with Gasteiger partial charge in [-0.1, -0.05) is 0 Å². The van der Waals surface area contributed by atoms with Crippen LogP contribution in [-0.2, 0) is 65.2 Å². The Labute approximate surface area is 386 Å². The van der Waals surface area contributed by atoms with Crippen molar-refractivity contribution in [2.45, 2.75) is 44.3 Å². The number of rotatable bonds is 14. The maximum atomic E-state index is 14.4. The number of hydrogen-bond donors (Lipinski definition) is 0. The Morgan fingerprint density at radius 1 is 0.314 bits per heavy atom. The summed E-state index contributed by atoms with van der Waals surface area (Å²) in [6.45, 7) is 0. The molecule has 0 aliphatic carbocycles. The lowest BCUT2D eigenvalue weighted by Crippen LogP contribution is -2.17. The summed E-state index contributed by atoms with van der Waals surface area (Å²) in [5, 5.41) is 0. The van der Waals surface area contributed by atoms with Crippen molar-refractivity contribution in [3.05, 3.63) is 167 Å². The monoisotopic (exact) mass is 1080 g/mol. The molecule has 0 amide bonds. The van der Waals surface area contributed by atoms with Crippen LogP contribution in [0.5, 0.6) is 23.0 Å². The van der Waals surface area contributed by atoms with Crippen molar-refractivity contribution in [3.8, 4) is 23.0 Å². The van der Waals surface area contributed by atoms with Gasteiger partial charge >= 0.3 is 65.2 Å². The van der Waals surface area contributed by atoms with E-state index in [1.807, 2.05) is 0 Å². The zero-order valence-electron chi connectivity index (χ0n) is 33.7. The van der Waals surface area contributed by atoms with E-state index in [1.165, 1.54) is 0 Å². The molecule has 372 valence electrons. The van der Waals surface area contributed by atoms with E-state index in [0.29, 0.717) is 133 Å². The first kappa shape index (κ1) is 52.5. The molecule has 0 aromatic heterocycles. The Morgan fingerprint density at radius 2 is 0.529 bits per heavy atom. The van der Waals surface area contributed by atoms with Crippen molar-refractivity contribution in [1.29, 1.82) is 0 Å². The molecule has 0 radical (unpaired) electrons. The molecule has 6 rings (SSSR count). The molecule has 0 saturated heterocycles. The van der Waals surface area contributed by atoms with Gasteiger partial charge in [-0.2, -0.15) is 86.4 Å². The lowest BCUT2D eigenvalue weighted by Gasteiger charge is -2.16. The fourth-order valence-corrected chi connectivity index (χ4v) is 9.42. The molecular weight excluding hydrogens is 1060 g/mol. The Hall–Kier alpha value is -6.85. The molecule has 0 spiro atoms. The maximum Gasteiger partial charge on any atom is 0.416 e. The normalized spacial score (nSPS) is 13.1. The molecule has 0 heterocycles. The summed E-state index contributed by atoms with van der Waals surface area (Å²) < 4.78 is 285. The number of hydrogen-bond acceptors (Lipinski definition) is 13. The molecule has 0 unspecified atom stereocenters. The molecule has 0 aliphatic heterocycles. The minimum atomic E-state index is -5.39. The number of carbonyl (C=O) groups excluding carboxylic acids is 1. The largest absolute Gasteiger partial charge is 0.416 e. The molecule has 0 N–H and O–H groups in total. The molecule has 0 atom stereocenters. The summed E-state index contributed by atoms with van der Waals surface area (Å²) in [5.41, 5.74) is -7.31. The van der Waals surface area contributed by atoms with Crippen molar-refractivity contribution in [2.75, 3.05) is 0 Å². The maximum absolute atomic E-state index is 14.4. The van der Waals surface area contributed by atoms with Gasteiger partial charge in [-0.05, 0) is 121 Å². The quantitative estimate of drug-likeness (QED) is 0.0569. The first-order valence-electron chi connectivity index (χ1n) is 18.4. The number of alkyl halides is 12. The standard InChI is InChI=1S/C41H22F12O13S4/c42-38(43,44)23-1-11-29(12-2-23)67(55,56)63-27-9-19-33(35(21-27)65-69(59,60)31-15-5-25(6-16-31)40(48,49)50)37(54)34-20-10-28(64-68(57,58)30-13-3-24(4-14-30)39(45,46)47)22-36(34)66-70(61,62)32-17-7-26(8-18-32)41(51,52)53/h1-22H. The second-order valence-corrected chi connectivity index (χ2v) is 20.1. The van der Waals surface area contributed by atoms with E-state index in [0.717, 1.165) is 0 Å². The van der Waals surface area contributed by atoms with Gasteiger partial charge in [-0.25, -0.2) is 0 Å². The van der Waals surface area contributed by atoms with Gasteiger partial charge in [0.25, 0.3) is 0 Å². The van der Waals surface area contributed by atoms with Crippen LogP contribution in [0.1, 0.15) is 38.2 Å². The van der Waals surface area contributed by atoms with E-state index in [1.54, 1.807) is 0 Å². The predicted octanol–water partition coefficient (Wildman–Crippen LogP) is 10.1. The van der Waals surface area contributed by atoms with Gasteiger partial charge in [-0.15, -0.1) is 0 Å². The van der Waals surface area contributed by atoms with Crippen LogP contribution in [0.25, 0.3) is 0 Å². The van der Waals surface area contributed by atoms with Gasteiger partial charge in [0.2, 0.25) is 5.78 Å². The van der Waals surface area contributed by atoms with Gasteiger partial charge in [0.05, 0.1) is 33.4 Å². The molecule has 0 fully saturated rings. The third-order valence-electron chi connectivity index (χ3n) is 9.09. The Kier molecular flexibility index (Phi) is 13.9. The summed E-state index contributed by atoms with van der Waals surface area (Å²) in [7, 11) is -21.0. The molecule has 6 aromatic rings. The highest BCUT2D eigenvalue weighted by atomic mass is 32.2. The lowest BCUT2D eigenvalue weighted by molar-refractivity contribution is -0.138. The highest BCUT2D eigenvalue weighted by molar-refractivity contribution is 7.88. The highest BCUT2D eigenvalue weighted by Gasteiger charge is 2.35. The van der Waals surface area contributed by atoms with E-state index >= 15 is 0 Å². The van der Waals surface area contributed by atoms with Crippen LogP contribution in [0.15, 0.2) is 153 Å². The minimum absolute atomic E-state index is 0.306. The number of halogens is 12. The molecule has 6 aromatic carbocycles. The molecule has 0 aliphatic rings. The van der Waals surface area contributed by atoms with Crippen LogP contribution in [0.2, 0.25) is 0 Å². The highest BCUT2D eigenvalue weighted by Crippen LogP contribution is 2.39. The fraction of sp³-hybridized carbons (Fsp3) is 0.0976. The van der Waals surface area contributed by atoms with E-state index in [9.17, 15) is 91.2 Å². The molecule has 0 bridgehead atoms. The summed E-state index contributed by atoms with van der Waals surface area (Å²) in [5.74, 6) is -6.01. The van der Waals surface area contributed by atoms with Crippen LogP contribution in [0, 0.1) is 0 Å². The topological polar surface area (TPSA) is 191 Å². The fourth-order valence-electron chi connectivity index (χ4n) is 5.69. The first-order chi connectivity index (χ1) is 32.1. The van der Waals surface area contributed by atoms with Gasteiger partial charge in [0.1, 0.15) is 31.1 Å². The average Bonchev–Trinajstić information content (AvgIpc) is 3.25. The van der Waals surface area contributed by atoms with E-state index in [2.05, 4.69) is 0 Å². The predicted molar refractivity (Wildman–Crippen MR) is 213 cm³/mol. The summed E-state index contributed by atoms with van der Waals surface area (Å²) in [6.07, 6.45) is -19.8. The van der Waals surface area contributed by atoms with Crippen molar-refractivity contribution >= 4 is 46.3 Å². The van der Waals surface area contributed by atoms with Crippen LogP contribution < -0.4 is 16.7 Å². The summed E-state index contributed by atoms with van der Waals surface area (Å²) in [6, 6.07) is 9.34. The van der Waals surface area contributed by atoms with Crippen molar-refractivity contribution < 1.29 is 108 Å². The minimum Gasteiger partial charge on any atom is -0.379 e. The zero-order valence-corrected chi connectivity index (χ0v) is 36.9. The second kappa shape index (κ2) is 18.5. The van der Waals surface area contributed by atoms with Crippen LogP contribution in [0.4, 0.5) is 52.7 Å². The Bertz CT molecular complexity index is 3180. The van der Waals surface area contributed by atoms with Crippen molar-refractivity contribution in [3.63, 3.8) is 0 Å². The van der Waals surface area contributed by atoms with E-state index in [4.69, 9.17) is 16.7 Å². The SMILES string of the molecule is O=C(c1ccc(OS(=O)(=O)c2ccc(C(F)(F)F)cc2)cc1OS(=O)(=O)c1ccc(C(F)(F)F)cc1)c1ccc(OS(=O)(=O)c2ccc(C(F)(F)F)cc2)cc1OS(=O)(=O)c1ccc(C(F)(F)F)cc1. The molecule has 0 saturated carbocycles. The van der Waals surface area contributed by atoms with E-state index < -0.39 is 147 Å². The van der Waals surface area contributed by atoms with E-state index in [-0.39, 0.29) is 0 Å². The van der Waals surface area contributed by atoms with Gasteiger partial charge in [-0.3, -0.25) is 4.79 Å². The second-order valence-electron chi connectivity index (χ2n) is 13.9. The zero-order chi connectivity index (χ0) is 52.0. The number of benzene rings is 6. The van der Waals surface area contributed by atoms with Crippen LogP contribution in [-0.4, -0.2) is 39.5 Å². The summed E-state index contributed by atoms with van der Waals surface area (Å²) >= 11 is 0. The smallest absolute Gasteiger partial charge is 0.379 e. The Morgan fingerprint density at radius 3 is 0.743 bits per heavy atom. The third kappa shape index (κ3) is 12.1. The van der Waals surface area contributed by atoms with Crippen molar-refractivity contribution in [1.82, 2.24) is 0 Å². The van der Waals surface area contributed by atoms with Crippen LogP contribution >= 0.6 is 0 Å². The van der Waals surface area contributed by atoms with Gasteiger partial charge in [0, 0.05) is 12.1 Å². The van der Waals surface area contributed by atoms with Gasteiger partial charge < -0.3 is 16.7 Å². The molecule has 70 heavy (non-hydrogen) atoms. The lowest BCUT2D eigenvalue weighted by atomic mass is 10.0. The Balaban J connectivity index is 1.47. The molecule has 13 nitrogen and oxygen atoms in total. The molecule has 29 heteroatoms. The number of carbonyl (C=O) groups is 1. The number of ketones is 1. The van der Waals surface area contributed by atoms with Crippen molar-refractivity contribution in [2.24, 2.45) is 0 Å². The average molecular weight is 1080 g/mol. The first-order valence-corrected chi connectivity index (χ1v) is 24.0. The van der Waals surface area contributed by atoms with Crippen LogP contribution in [0.3, 0.4) is 0 Å².